The average molecular weight is 430 g/mol. The third-order valence-corrected chi connectivity index (χ3v) is 5.66. The number of rotatable bonds is 6. The van der Waals surface area contributed by atoms with E-state index < -0.39 is 0 Å². The van der Waals surface area contributed by atoms with Gasteiger partial charge in [-0.1, -0.05) is 38.1 Å². The number of carbonyl (C=O) groups excluding carboxylic acids is 1. The van der Waals surface area contributed by atoms with Crippen molar-refractivity contribution < 1.29 is 4.79 Å². The molecule has 8 nitrogen and oxygen atoms in total. The molecule has 0 amide bonds. The van der Waals surface area contributed by atoms with Crippen molar-refractivity contribution in [1.29, 1.82) is 0 Å². The Kier molecular flexibility index (Phi) is 4.87. The van der Waals surface area contributed by atoms with Crippen LogP contribution in [0, 0.1) is 5.92 Å². The maximum atomic E-state index is 12.8. The Morgan fingerprint density at radius 1 is 1.13 bits per heavy atom. The van der Waals surface area contributed by atoms with Crippen molar-refractivity contribution in [1.82, 2.24) is 34.8 Å². The van der Waals surface area contributed by atoms with Gasteiger partial charge in [-0.25, -0.2) is 9.50 Å². The van der Waals surface area contributed by atoms with Crippen LogP contribution in [0.15, 0.2) is 60.2 Å². The molecule has 31 heavy (non-hydrogen) atoms. The second-order valence-electron chi connectivity index (χ2n) is 7.57. The number of hydrogen-bond donors (Lipinski definition) is 0. The van der Waals surface area contributed by atoms with Gasteiger partial charge in [-0.05, 0) is 34.7 Å². The summed E-state index contributed by atoms with van der Waals surface area (Å²) in [5.41, 5.74) is 3.62. The Morgan fingerprint density at radius 2 is 2.00 bits per heavy atom. The van der Waals surface area contributed by atoms with Gasteiger partial charge in [-0.15, -0.1) is 21.5 Å². The first-order valence-corrected chi connectivity index (χ1v) is 10.8. The van der Waals surface area contributed by atoms with Crippen molar-refractivity contribution in [3.63, 3.8) is 0 Å². The Hall–Kier alpha value is -3.72. The first-order valence-electron chi connectivity index (χ1n) is 9.89. The molecule has 0 aliphatic carbocycles. The minimum Gasteiger partial charge on any atom is -0.287 e. The smallest absolute Gasteiger partial charge is 0.208 e. The summed E-state index contributed by atoms with van der Waals surface area (Å²) < 4.78 is 1.70. The molecule has 0 fully saturated rings. The lowest BCUT2D eigenvalue weighted by Gasteiger charge is -2.06. The number of aromatic nitrogens is 7. The van der Waals surface area contributed by atoms with Crippen LogP contribution in [0.25, 0.3) is 28.3 Å². The molecular formula is C22H19N7OS. The van der Waals surface area contributed by atoms with E-state index in [1.54, 1.807) is 21.7 Å². The van der Waals surface area contributed by atoms with Crippen LogP contribution in [-0.4, -0.2) is 40.6 Å². The number of hydrogen-bond acceptors (Lipinski definition) is 7. The van der Waals surface area contributed by atoms with E-state index in [0.717, 1.165) is 16.8 Å². The van der Waals surface area contributed by atoms with Gasteiger partial charge in [0, 0.05) is 17.3 Å². The molecule has 154 valence electrons. The summed E-state index contributed by atoms with van der Waals surface area (Å²) in [7, 11) is 0. The lowest BCUT2D eigenvalue weighted by molar-refractivity contribution is 0.104. The molecule has 0 radical (unpaired) electrons. The van der Waals surface area contributed by atoms with E-state index in [0.29, 0.717) is 34.4 Å². The largest absolute Gasteiger partial charge is 0.287 e. The van der Waals surface area contributed by atoms with Crippen LogP contribution >= 0.6 is 11.3 Å². The van der Waals surface area contributed by atoms with Crippen molar-refractivity contribution in [2.24, 2.45) is 5.92 Å². The molecule has 0 saturated heterocycles. The molecule has 0 aliphatic rings. The predicted octanol–water partition coefficient (Wildman–Crippen LogP) is 4.00. The van der Waals surface area contributed by atoms with E-state index in [9.17, 15) is 4.79 Å². The first-order chi connectivity index (χ1) is 15.1. The Labute approximate surface area is 182 Å². The summed E-state index contributed by atoms with van der Waals surface area (Å²) in [5.74, 6) is 0.931. The second kappa shape index (κ2) is 7.84. The monoisotopic (exact) mass is 429 g/mol. The fourth-order valence-electron chi connectivity index (χ4n) is 3.39. The normalized spacial score (nSPS) is 11.5. The molecule has 0 N–H and O–H groups in total. The van der Waals surface area contributed by atoms with Crippen molar-refractivity contribution >= 4 is 22.8 Å². The van der Waals surface area contributed by atoms with Gasteiger partial charge in [0.15, 0.2) is 5.65 Å². The number of nitrogens with zero attached hydrogens (tertiary/aromatic N) is 7. The molecule has 5 rings (SSSR count). The van der Waals surface area contributed by atoms with Gasteiger partial charge in [0.25, 0.3) is 0 Å². The zero-order valence-corrected chi connectivity index (χ0v) is 17.8. The molecule has 0 spiro atoms. The van der Waals surface area contributed by atoms with Crippen LogP contribution in [-0.2, 0) is 6.54 Å². The van der Waals surface area contributed by atoms with Gasteiger partial charge in [-0.3, -0.25) is 4.79 Å². The Bertz CT molecular complexity index is 1370. The number of thiophene rings is 1. The number of ketones is 1. The summed E-state index contributed by atoms with van der Waals surface area (Å²) in [5, 5.41) is 19.2. The average Bonchev–Trinajstić information content (AvgIpc) is 3.53. The van der Waals surface area contributed by atoms with E-state index in [1.807, 2.05) is 47.8 Å². The Morgan fingerprint density at radius 3 is 2.81 bits per heavy atom. The van der Waals surface area contributed by atoms with Crippen molar-refractivity contribution in [2.45, 2.75) is 20.4 Å². The lowest BCUT2D eigenvalue weighted by atomic mass is 10.1. The summed E-state index contributed by atoms with van der Waals surface area (Å²) in [6, 6.07) is 13.4. The summed E-state index contributed by atoms with van der Waals surface area (Å²) >= 11 is 1.41. The minimum absolute atomic E-state index is 0.0747. The zero-order valence-electron chi connectivity index (χ0n) is 17.0. The highest BCUT2D eigenvalue weighted by atomic mass is 32.1. The van der Waals surface area contributed by atoms with Crippen LogP contribution in [0.2, 0.25) is 0 Å². The fraction of sp³-hybridized carbons (Fsp3) is 0.182. The standard InChI is InChI=1S/C22H19N7OS/c1-14(2)13-28-26-21(25-27-28)16-6-3-5-15(11-16)18-8-9-23-22-17(12-24-29(18)22)20(30)19-7-4-10-31-19/h3-12,14H,13H2,1-2H3. The highest BCUT2D eigenvalue weighted by Gasteiger charge is 2.19. The first kappa shape index (κ1) is 19.3. The van der Waals surface area contributed by atoms with E-state index in [-0.39, 0.29) is 5.78 Å². The molecule has 4 aromatic heterocycles. The van der Waals surface area contributed by atoms with Crippen LogP contribution in [0.5, 0.6) is 0 Å². The molecule has 9 heteroatoms. The summed E-state index contributed by atoms with van der Waals surface area (Å²) in [4.78, 5) is 19.5. The SMILES string of the molecule is CC(C)Cn1nnc(-c2cccc(-c3ccnc4c(C(=O)c5cccs5)cnn34)c2)n1. The third kappa shape index (κ3) is 3.64. The second-order valence-corrected chi connectivity index (χ2v) is 8.52. The van der Waals surface area contributed by atoms with Gasteiger partial charge in [0.05, 0.1) is 28.9 Å². The van der Waals surface area contributed by atoms with Crippen LogP contribution in [0.3, 0.4) is 0 Å². The molecule has 0 unspecified atom stereocenters. The van der Waals surface area contributed by atoms with Crippen molar-refractivity contribution in [3.05, 3.63) is 70.7 Å². The van der Waals surface area contributed by atoms with Gasteiger partial charge in [0.2, 0.25) is 11.6 Å². The maximum Gasteiger partial charge on any atom is 0.208 e. The number of fused-ring (bicyclic) bond motifs is 1. The molecule has 0 atom stereocenters. The molecule has 0 saturated carbocycles. The van der Waals surface area contributed by atoms with E-state index in [4.69, 9.17) is 0 Å². The topological polar surface area (TPSA) is 90.9 Å². The number of tetrazole rings is 1. The van der Waals surface area contributed by atoms with Crippen molar-refractivity contribution in [2.75, 3.05) is 0 Å². The number of benzene rings is 1. The number of carbonyl (C=O) groups is 1. The van der Waals surface area contributed by atoms with Gasteiger partial charge in [-0.2, -0.15) is 9.90 Å². The van der Waals surface area contributed by atoms with Crippen LogP contribution < -0.4 is 0 Å². The van der Waals surface area contributed by atoms with Crippen molar-refractivity contribution in [3.8, 4) is 22.6 Å². The predicted molar refractivity (Wildman–Crippen MR) is 118 cm³/mol. The quantitative estimate of drug-likeness (QED) is 0.379. The minimum atomic E-state index is -0.0747. The van der Waals surface area contributed by atoms with E-state index in [2.05, 4.69) is 39.3 Å². The molecule has 0 aliphatic heterocycles. The summed E-state index contributed by atoms with van der Waals surface area (Å²) in [6.07, 6.45) is 3.28. The zero-order chi connectivity index (χ0) is 21.4. The van der Waals surface area contributed by atoms with Gasteiger partial charge in [0.1, 0.15) is 0 Å². The molecule has 0 bridgehead atoms. The maximum absolute atomic E-state index is 12.8. The van der Waals surface area contributed by atoms with Gasteiger partial charge < -0.3 is 0 Å². The fourth-order valence-corrected chi connectivity index (χ4v) is 4.07. The molecular weight excluding hydrogens is 410 g/mol. The van der Waals surface area contributed by atoms with Crippen LogP contribution in [0.1, 0.15) is 29.1 Å². The molecule has 1 aromatic carbocycles. The summed E-state index contributed by atoms with van der Waals surface area (Å²) in [6.45, 7) is 4.94. The molecule has 4 heterocycles. The Balaban J connectivity index is 1.54. The van der Waals surface area contributed by atoms with Gasteiger partial charge >= 0.3 is 0 Å². The molecule has 5 aromatic rings. The van der Waals surface area contributed by atoms with E-state index in [1.165, 1.54) is 11.3 Å². The van der Waals surface area contributed by atoms with E-state index >= 15 is 0 Å². The third-order valence-electron chi connectivity index (χ3n) is 4.79. The van der Waals surface area contributed by atoms with Crippen LogP contribution in [0.4, 0.5) is 0 Å². The highest BCUT2D eigenvalue weighted by Crippen LogP contribution is 2.26. The highest BCUT2D eigenvalue weighted by molar-refractivity contribution is 7.12. The lowest BCUT2D eigenvalue weighted by Crippen LogP contribution is -2.07.